The van der Waals surface area contributed by atoms with E-state index >= 15 is 0 Å². The molecule has 0 saturated carbocycles. The number of ether oxygens (including phenoxy) is 1. The third-order valence-electron chi connectivity index (χ3n) is 5.10. The number of hydrogen-bond donors (Lipinski definition) is 3. The summed E-state index contributed by atoms with van der Waals surface area (Å²) in [5.74, 6) is -0.187. The maximum absolute atomic E-state index is 14.1. The predicted molar refractivity (Wildman–Crippen MR) is 123 cm³/mol. The van der Waals surface area contributed by atoms with Crippen LogP contribution >= 0.6 is 0 Å². The Bertz CT molecular complexity index is 1530. The highest BCUT2D eigenvalue weighted by atomic mass is 19.1. The van der Waals surface area contributed by atoms with Crippen molar-refractivity contribution in [1.29, 1.82) is 0 Å². The van der Waals surface area contributed by atoms with Crippen molar-refractivity contribution in [2.45, 2.75) is 6.50 Å². The van der Waals surface area contributed by atoms with Crippen molar-refractivity contribution in [3.05, 3.63) is 84.6 Å². The highest BCUT2D eigenvalue weighted by Crippen LogP contribution is 2.27. The molecule has 160 valence electrons. The van der Waals surface area contributed by atoms with Crippen molar-refractivity contribution in [1.82, 2.24) is 14.5 Å². The standard InChI is InChI=1S/C24H20FN5O2/c1-32-16-5-6-19(25)21(13-16)29-24(31)28-20-3-2-4-22-18(20)9-12-30(22)14-15-7-10-26-23-17(15)8-11-27-23/h2-13H,14H2,1H3,(H,26,27)(H2,28,29,31)/i14D2. The summed E-state index contributed by atoms with van der Waals surface area (Å²) in [4.78, 5) is 19.8. The number of pyridine rings is 1. The summed E-state index contributed by atoms with van der Waals surface area (Å²) in [6.45, 7) is -1.89. The molecule has 0 radical (unpaired) electrons. The Morgan fingerprint density at radius 1 is 1.16 bits per heavy atom. The van der Waals surface area contributed by atoms with Crippen LogP contribution in [0.2, 0.25) is 0 Å². The maximum Gasteiger partial charge on any atom is 0.323 e. The molecule has 8 heteroatoms. The van der Waals surface area contributed by atoms with Gasteiger partial charge in [-0.15, -0.1) is 0 Å². The Morgan fingerprint density at radius 2 is 2.03 bits per heavy atom. The van der Waals surface area contributed by atoms with E-state index in [1.807, 2.05) is 0 Å². The van der Waals surface area contributed by atoms with Gasteiger partial charge >= 0.3 is 6.03 Å². The minimum atomic E-state index is -1.89. The first-order chi connectivity index (χ1) is 16.4. The molecule has 0 spiro atoms. The number of hydrogen-bond acceptors (Lipinski definition) is 3. The lowest BCUT2D eigenvalue weighted by Gasteiger charge is -2.11. The summed E-state index contributed by atoms with van der Waals surface area (Å²) in [5.41, 5.74) is 2.07. The number of H-pyrrole nitrogens is 1. The highest BCUT2D eigenvalue weighted by molar-refractivity contribution is 6.06. The van der Waals surface area contributed by atoms with Gasteiger partial charge in [0, 0.05) is 41.9 Å². The van der Waals surface area contributed by atoms with Gasteiger partial charge in [0.1, 0.15) is 17.2 Å². The van der Waals surface area contributed by atoms with Gasteiger partial charge in [0.2, 0.25) is 0 Å². The van der Waals surface area contributed by atoms with Gasteiger partial charge in [0.05, 0.1) is 26.7 Å². The molecule has 32 heavy (non-hydrogen) atoms. The normalized spacial score (nSPS) is 12.4. The molecule has 3 heterocycles. The van der Waals surface area contributed by atoms with E-state index in [-0.39, 0.29) is 5.69 Å². The number of urea groups is 1. The number of benzene rings is 2. The lowest BCUT2D eigenvalue weighted by Crippen LogP contribution is -2.20. The molecule has 3 aromatic heterocycles. The number of carbonyl (C=O) groups is 1. The van der Waals surface area contributed by atoms with Crippen molar-refractivity contribution in [2.24, 2.45) is 0 Å². The first kappa shape index (κ1) is 17.4. The third-order valence-corrected chi connectivity index (χ3v) is 5.10. The Kier molecular flexibility index (Phi) is 4.38. The second kappa shape index (κ2) is 8.07. The first-order valence-electron chi connectivity index (χ1n) is 10.8. The number of fused-ring (bicyclic) bond motifs is 2. The van der Waals surface area contributed by atoms with Gasteiger partial charge in [0.15, 0.2) is 0 Å². The Morgan fingerprint density at radius 3 is 2.91 bits per heavy atom. The van der Waals surface area contributed by atoms with Gasteiger partial charge < -0.3 is 24.9 Å². The summed E-state index contributed by atoms with van der Waals surface area (Å²) in [6.07, 6.45) is 4.91. The zero-order valence-electron chi connectivity index (χ0n) is 19.0. The topological polar surface area (TPSA) is 84.0 Å². The Hall–Kier alpha value is -4.33. The number of nitrogens with zero attached hydrogens (tertiary/aromatic N) is 2. The fraction of sp³-hybridized carbons (Fsp3) is 0.0833. The van der Waals surface area contributed by atoms with Crippen LogP contribution in [0.15, 0.2) is 73.2 Å². The summed E-state index contributed by atoms with van der Waals surface area (Å²) in [5, 5.41) is 6.52. The Balaban J connectivity index is 1.47. The second-order valence-corrected chi connectivity index (χ2v) is 7.06. The molecular weight excluding hydrogens is 409 g/mol. The van der Waals surface area contributed by atoms with Crippen LogP contribution in [0, 0.1) is 5.82 Å². The van der Waals surface area contributed by atoms with E-state index in [4.69, 9.17) is 7.48 Å². The fourth-order valence-electron chi connectivity index (χ4n) is 3.57. The van der Waals surface area contributed by atoms with Crippen LogP contribution in [0.1, 0.15) is 8.30 Å². The summed E-state index contributed by atoms with van der Waals surface area (Å²) in [7, 11) is 1.45. The van der Waals surface area contributed by atoms with E-state index in [0.717, 1.165) is 0 Å². The monoisotopic (exact) mass is 431 g/mol. The smallest absolute Gasteiger partial charge is 0.323 e. The van der Waals surface area contributed by atoms with Crippen molar-refractivity contribution >= 4 is 39.3 Å². The van der Waals surface area contributed by atoms with Gasteiger partial charge in [-0.05, 0) is 48.0 Å². The molecule has 2 aromatic carbocycles. The van der Waals surface area contributed by atoms with E-state index in [1.165, 1.54) is 29.9 Å². The molecule has 0 aliphatic carbocycles. The van der Waals surface area contributed by atoms with Gasteiger partial charge in [-0.1, -0.05) is 6.07 Å². The molecule has 0 bridgehead atoms. The number of halogens is 1. The summed E-state index contributed by atoms with van der Waals surface area (Å²) < 4.78 is 38.4. The molecule has 0 aliphatic heterocycles. The lowest BCUT2D eigenvalue weighted by atomic mass is 10.2. The van der Waals surface area contributed by atoms with Gasteiger partial charge in [-0.2, -0.15) is 0 Å². The molecule has 7 nitrogen and oxygen atoms in total. The van der Waals surface area contributed by atoms with Crippen LogP contribution in [0.3, 0.4) is 0 Å². The fourth-order valence-corrected chi connectivity index (χ4v) is 3.57. The van der Waals surface area contributed by atoms with Gasteiger partial charge in [-0.25, -0.2) is 14.2 Å². The largest absolute Gasteiger partial charge is 0.497 e. The highest BCUT2D eigenvalue weighted by Gasteiger charge is 2.12. The van der Waals surface area contributed by atoms with E-state index in [0.29, 0.717) is 38.9 Å². The van der Waals surface area contributed by atoms with Gasteiger partial charge in [-0.3, -0.25) is 0 Å². The molecule has 0 unspecified atom stereocenters. The zero-order chi connectivity index (χ0) is 23.9. The molecule has 0 aliphatic rings. The molecule has 3 N–H and O–H groups in total. The number of methoxy groups -OCH3 is 1. The summed E-state index contributed by atoms with van der Waals surface area (Å²) in [6, 6.07) is 13.8. The van der Waals surface area contributed by atoms with Crippen molar-refractivity contribution in [2.75, 3.05) is 17.7 Å². The average Bonchev–Trinajstić information content (AvgIpc) is 3.48. The quantitative estimate of drug-likeness (QED) is 0.350. The van der Waals surface area contributed by atoms with Crippen LogP contribution < -0.4 is 15.4 Å². The number of carbonyl (C=O) groups excluding carboxylic acids is 1. The van der Waals surface area contributed by atoms with Crippen LogP contribution in [0.25, 0.3) is 21.9 Å². The molecule has 0 saturated heterocycles. The average molecular weight is 431 g/mol. The second-order valence-electron chi connectivity index (χ2n) is 7.06. The van der Waals surface area contributed by atoms with Crippen LogP contribution in [0.5, 0.6) is 5.75 Å². The number of nitrogens with one attached hydrogen (secondary N) is 3. The van der Waals surface area contributed by atoms with Gasteiger partial charge in [0.25, 0.3) is 0 Å². The van der Waals surface area contributed by atoms with E-state index in [1.54, 1.807) is 55.0 Å². The SMILES string of the molecule is [2H]C([2H])(c1ccnc2[nH]ccc12)n1ccc2c(NC(=O)Nc3cc(OC)ccc3F)cccc21. The lowest BCUT2D eigenvalue weighted by molar-refractivity contribution is 0.262. The molecule has 0 atom stereocenters. The number of aromatic amines is 1. The van der Waals surface area contributed by atoms with Crippen LogP contribution in [-0.4, -0.2) is 27.7 Å². The van der Waals surface area contributed by atoms with E-state index in [2.05, 4.69) is 20.6 Å². The van der Waals surface area contributed by atoms with Crippen molar-refractivity contribution < 1.29 is 16.7 Å². The minimum Gasteiger partial charge on any atom is -0.497 e. The number of amides is 2. The number of rotatable bonds is 5. The van der Waals surface area contributed by atoms with Crippen molar-refractivity contribution in [3.8, 4) is 5.75 Å². The van der Waals surface area contributed by atoms with Crippen molar-refractivity contribution in [3.63, 3.8) is 0 Å². The number of aromatic nitrogens is 3. The third kappa shape index (κ3) is 3.62. The molecular formula is C24H20FN5O2. The molecule has 0 fully saturated rings. The molecule has 5 rings (SSSR count). The molecule has 2 amide bonds. The van der Waals surface area contributed by atoms with E-state index in [9.17, 15) is 9.18 Å². The molecule has 5 aromatic rings. The van der Waals surface area contributed by atoms with Crippen LogP contribution in [0.4, 0.5) is 20.6 Å². The summed E-state index contributed by atoms with van der Waals surface area (Å²) >= 11 is 0. The first-order valence-corrected chi connectivity index (χ1v) is 9.83. The minimum absolute atomic E-state index is 0.0221. The zero-order valence-corrected chi connectivity index (χ0v) is 17.0. The predicted octanol–water partition coefficient (Wildman–Crippen LogP) is 5.36. The van der Waals surface area contributed by atoms with E-state index < -0.39 is 18.3 Å². The number of anilines is 2. The Labute approximate surface area is 185 Å². The maximum atomic E-state index is 14.1. The van der Waals surface area contributed by atoms with Crippen LogP contribution in [-0.2, 0) is 6.50 Å².